The highest BCUT2D eigenvalue weighted by Gasteiger charge is 2.27. The molecule has 0 aliphatic carbocycles. The smallest absolute Gasteiger partial charge is 0.104 e. The Labute approximate surface area is 79.0 Å². The van der Waals surface area contributed by atoms with Crippen molar-refractivity contribution in [2.24, 2.45) is 5.92 Å². The quantitative estimate of drug-likeness (QED) is 0.595. The van der Waals surface area contributed by atoms with Gasteiger partial charge in [-0.05, 0) is 11.1 Å². The fourth-order valence-electron chi connectivity index (χ4n) is 1.65. The molecule has 1 aliphatic heterocycles. The third kappa shape index (κ3) is 1.52. The first-order valence-corrected chi connectivity index (χ1v) is 4.64. The number of benzene rings is 1. The summed E-state index contributed by atoms with van der Waals surface area (Å²) in [6, 6.07) is 10.3. The van der Waals surface area contributed by atoms with Gasteiger partial charge in [-0.25, -0.2) is 0 Å². The second-order valence-corrected chi connectivity index (χ2v) is 3.60. The average Bonchev–Trinajstić information content (AvgIpc) is 2.49. The van der Waals surface area contributed by atoms with Crippen LogP contribution in [-0.4, -0.2) is 6.61 Å². The second kappa shape index (κ2) is 3.35. The van der Waals surface area contributed by atoms with Crippen LogP contribution in [0.3, 0.4) is 0 Å². The van der Waals surface area contributed by atoms with Crippen LogP contribution < -0.4 is 0 Å². The highest BCUT2D eigenvalue weighted by Crippen LogP contribution is 2.35. The van der Waals surface area contributed by atoms with E-state index in [0.29, 0.717) is 5.92 Å². The Morgan fingerprint density at radius 2 is 2.00 bits per heavy atom. The summed E-state index contributed by atoms with van der Waals surface area (Å²) in [6.07, 6.45) is 0.121. The minimum atomic E-state index is 0.121. The zero-order valence-corrected chi connectivity index (χ0v) is 7.86. The summed E-state index contributed by atoms with van der Waals surface area (Å²) >= 11 is 0. The van der Waals surface area contributed by atoms with Crippen LogP contribution in [0.15, 0.2) is 42.5 Å². The molecule has 0 aromatic heterocycles. The Morgan fingerprint density at radius 1 is 1.31 bits per heavy atom. The number of ether oxygens (including phenoxy) is 1. The molecule has 1 unspecified atom stereocenters. The first-order chi connectivity index (χ1) is 6.29. The zero-order chi connectivity index (χ0) is 9.26. The molecule has 2 atom stereocenters. The van der Waals surface area contributed by atoms with Crippen LogP contribution in [0.1, 0.15) is 18.6 Å². The van der Waals surface area contributed by atoms with Gasteiger partial charge in [-0.1, -0.05) is 43.8 Å². The van der Waals surface area contributed by atoms with Gasteiger partial charge in [0.1, 0.15) is 6.10 Å². The topological polar surface area (TPSA) is 9.23 Å². The summed E-state index contributed by atoms with van der Waals surface area (Å²) in [6.45, 7) is 7.03. The summed E-state index contributed by atoms with van der Waals surface area (Å²) in [5.41, 5.74) is 2.42. The molecule has 2 rings (SSSR count). The van der Waals surface area contributed by atoms with E-state index in [1.807, 2.05) is 18.2 Å². The summed E-state index contributed by atoms with van der Waals surface area (Å²) in [7, 11) is 0. The van der Waals surface area contributed by atoms with Gasteiger partial charge in [0.2, 0.25) is 0 Å². The van der Waals surface area contributed by atoms with Crippen molar-refractivity contribution in [3.63, 3.8) is 0 Å². The molecule has 68 valence electrons. The first kappa shape index (κ1) is 8.52. The van der Waals surface area contributed by atoms with Crippen LogP contribution in [0, 0.1) is 5.92 Å². The lowest BCUT2D eigenvalue weighted by molar-refractivity contribution is 0.118. The molecule has 1 saturated heterocycles. The fourth-order valence-corrected chi connectivity index (χ4v) is 1.65. The van der Waals surface area contributed by atoms with Gasteiger partial charge in [0.05, 0.1) is 6.61 Å². The lowest BCUT2D eigenvalue weighted by Crippen LogP contribution is -1.97. The molecule has 1 aromatic rings. The van der Waals surface area contributed by atoms with E-state index in [1.165, 1.54) is 11.1 Å². The number of rotatable bonds is 1. The van der Waals surface area contributed by atoms with Crippen LogP contribution >= 0.6 is 0 Å². The highest BCUT2D eigenvalue weighted by molar-refractivity contribution is 5.27. The Balaban J connectivity index is 2.24. The van der Waals surface area contributed by atoms with E-state index in [-0.39, 0.29) is 6.10 Å². The molecule has 0 spiro atoms. The summed E-state index contributed by atoms with van der Waals surface area (Å²) in [5, 5.41) is 0. The molecule has 0 radical (unpaired) electrons. The van der Waals surface area contributed by atoms with Crippen molar-refractivity contribution in [1.29, 1.82) is 0 Å². The lowest BCUT2D eigenvalue weighted by atomic mass is 9.97. The fraction of sp³-hybridized carbons (Fsp3) is 0.333. The van der Waals surface area contributed by atoms with Crippen LogP contribution in [0.4, 0.5) is 0 Å². The van der Waals surface area contributed by atoms with Gasteiger partial charge in [0.25, 0.3) is 0 Å². The van der Waals surface area contributed by atoms with Crippen molar-refractivity contribution in [1.82, 2.24) is 0 Å². The van der Waals surface area contributed by atoms with Crippen LogP contribution in [-0.2, 0) is 4.74 Å². The number of hydrogen-bond acceptors (Lipinski definition) is 1. The van der Waals surface area contributed by atoms with Gasteiger partial charge in [-0.3, -0.25) is 0 Å². The van der Waals surface area contributed by atoms with E-state index in [2.05, 4.69) is 25.6 Å². The van der Waals surface area contributed by atoms with Gasteiger partial charge in [-0.2, -0.15) is 0 Å². The zero-order valence-electron chi connectivity index (χ0n) is 7.86. The van der Waals surface area contributed by atoms with Crippen LogP contribution in [0.5, 0.6) is 0 Å². The minimum Gasteiger partial charge on any atom is -0.369 e. The monoisotopic (exact) mass is 174 g/mol. The maximum absolute atomic E-state index is 5.66. The van der Waals surface area contributed by atoms with Crippen molar-refractivity contribution in [3.05, 3.63) is 48.0 Å². The van der Waals surface area contributed by atoms with Gasteiger partial charge >= 0.3 is 0 Å². The summed E-state index contributed by atoms with van der Waals surface area (Å²) < 4.78 is 5.66. The van der Waals surface area contributed by atoms with E-state index >= 15 is 0 Å². The molecule has 0 saturated carbocycles. The predicted molar refractivity (Wildman–Crippen MR) is 53.4 cm³/mol. The molecule has 1 aromatic carbocycles. The highest BCUT2D eigenvalue weighted by atomic mass is 16.5. The molecule has 1 fully saturated rings. The molecule has 1 aliphatic rings. The van der Waals surface area contributed by atoms with E-state index in [0.717, 1.165) is 6.61 Å². The summed E-state index contributed by atoms with van der Waals surface area (Å²) in [5.74, 6) is 0.491. The molecule has 0 N–H and O–H groups in total. The van der Waals surface area contributed by atoms with Crippen molar-refractivity contribution in [3.8, 4) is 0 Å². The van der Waals surface area contributed by atoms with Gasteiger partial charge in [0.15, 0.2) is 0 Å². The maximum Gasteiger partial charge on any atom is 0.104 e. The molecular weight excluding hydrogens is 160 g/mol. The third-order valence-corrected chi connectivity index (χ3v) is 2.58. The van der Waals surface area contributed by atoms with E-state index in [4.69, 9.17) is 4.74 Å². The molecular formula is C12H14O. The number of hydrogen-bond donors (Lipinski definition) is 0. The molecule has 13 heavy (non-hydrogen) atoms. The second-order valence-electron chi connectivity index (χ2n) is 3.60. The normalized spacial score (nSPS) is 27.9. The molecule has 1 heteroatoms. The summed E-state index contributed by atoms with van der Waals surface area (Å²) in [4.78, 5) is 0. The predicted octanol–water partition coefficient (Wildman–Crippen LogP) is 2.95. The molecule has 0 amide bonds. The average molecular weight is 174 g/mol. The van der Waals surface area contributed by atoms with Crippen molar-refractivity contribution < 1.29 is 4.74 Å². The Kier molecular flexibility index (Phi) is 2.19. The van der Waals surface area contributed by atoms with E-state index in [1.54, 1.807) is 0 Å². The molecule has 0 bridgehead atoms. The molecule has 1 nitrogen and oxygen atoms in total. The SMILES string of the molecule is C=C1C(c2ccccc2)OC[C@H]1C. The van der Waals surface area contributed by atoms with Crippen molar-refractivity contribution in [2.75, 3.05) is 6.61 Å². The first-order valence-electron chi connectivity index (χ1n) is 4.64. The Bertz CT molecular complexity index is 302. The largest absolute Gasteiger partial charge is 0.369 e. The van der Waals surface area contributed by atoms with E-state index < -0.39 is 0 Å². The minimum absolute atomic E-state index is 0.121. The van der Waals surface area contributed by atoms with Crippen LogP contribution in [0.2, 0.25) is 0 Å². The maximum atomic E-state index is 5.66. The lowest BCUT2D eigenvalue weighted by Gasteiger charge is -2.11. The van der Waals surface area contributed by atoms with Gasteiger partial charge < -0.3 is 4.74 Å². The van der Waals surface area contributed by atoms with E-state index in [9.17, 15) is 0 Å². The standard InChI is InChI=1S/C12H14O/c1-9-8-13-12(10(9)2)11-6-4-3-5-7-11/h3-7,9,12H,2,8H2,1H3/t9-,12?/m1/s1. The molecule has 1 heterocycles. The van der Waals surface area contributed by atoms with Crippen molar-refractivity contribution in [2.45, 2.75) is 13.0 Å². The Hall–Kier alpha value is -1.08. The third-order valence-electron chi connectivity index (χ3n) is 2.58. The Morgan fingerprint density at radius 3 is 2.54 bits per heavy atom. The van der Waals surface area contributed by atoms with Crippen LogP contribution in [0.25, 0.3) is 0 Å². The van der Waals surface area contributed by atoms with Gasteiger partial charge in [-0.15, -0.1) is 0 Å². The van der Waals surface area contributed by atoms with Crippen molar-refractivity contribution >= 4 is 0 Å². The van der Waals surface area contributed by atoms with Gasteiger partial charge in [0, 0.05) is 5.92 Å².